The van der Waals surface area contributed by atoms with Crippen molar-refractivity contribution in [3.8, 4) is 0 Å². The fraction of sp³-hybridized carbons (Fsp3) is 0.533. The summed E-state index contributed by atoms with van der Waals surface area (Å²) in [5.74, 6) is -1.25. The van der Waals surface area contributed by atoms with Crippen LogP contribution in [-0.2, 0) is 4.74 Å². The number of nitrogens with two attached hydrogens (primary N) is 1. The molecule has 1 rings (SSSR count). The average molecular weight is 267 g/mol. The summed E-state index contributed by atoms with van der Waals surface area (Å²) in [5.41, 5.74) is 5.79. The third-order valence-electron chi connectivity index (χ3n) is 2.98. The zero-order chi connectivity index (χ0) is 14.3. The van der Waals surface area contributed by atoms with Crippen molar-refractivity contribution >= 4 is 11.7 Å². The molecule has 19 heavy (non-hydrogen) atoms. The number of hydrogen-bond acceptors (Lipinski definition) is 3. The molecule has 1 atom stereocenters. The number of hydrogen-bond donors (Lipinski definition) is 1. The summed E-state index contributed by atoms with van der Waals surface area (Å²) >= 11 is 0. The van der Waals surface area contributed by atoms with E-state index in [1.54, 1.807) is 0 Å². The van der Waals surface area contributed by atoms with Gasteiger partial charge in [0.15, 0.2) is 0 Å². The first kappa shape index (κ1) is 15.5. The molecule has 106 valence electrons. The molecule has 0 aliphatic heterocycles. The van der Waals surface area contributed by atoms with E-state index in [2.05, 4.69) is 6.92 Å². The van der Waals surface area contributed by atoms with Crippen molar-refractivity contribution in [3.05, 3.63) is 29.6 Å². The van der Waals surface area contributed by atoms with Crippen molar-refractivity contribution in [3.63, 3.8) is 0 Å². The number of esters is 1. The topological polar surface area (TPSA) is 52.3 Å². The normalized spacial score (nSPS) is 12.2. The lowest BCUT2D eigenvalue weighted by atomic mass is 10.1. The number of anilines is 1. The summed E-state index contributed by atoms with van der Waals surface area (Å²) in [6, 6.07) is 3.90. The highest BCUT2D eigenvalue weighted by molar-refractivity contribution is 5.90. The van der Waals surface area contributed by atoms with Gasteiger partial charge in [-0.05, 0) is 38.0 Å². The number of carbonyl (C=O) groups excluding carboxylic acids is 1. The number of carbonyl (C=O) groups is 1. The molecule has 0 heterocycles. The second kappa shape index (κ2) is 7.77. The zero-order valence-electron chi connectivity index (χ0n) is 11.6. The van der Waals surface area contributed by atoms with Crippen molar-refractivity contribution in [1.82, 2.24) is 0 Å². The Balaban J connectivity index is 2.47. The van der Waals surface area contributed by atoms with Crippen LogP contribution in [0.4, 0.5) is 10.1 Å². The summed E-state index contributed by atoms with van der Waals surface area (Å²) in [4.78, 5) is 11.8. The van der Waals surface area contributed by atoms with Crippen LogP contribution in [0.2, 0.25) is 0 Å². The van der Waals surface area contributed by atoms with E-state index in [1.165, 1.54) is 31.0 Å². The van der Waals surface area contributed by atoms with Gasteiger partial charge in [0.25, 0.3) is 0 Å². The predicted molar refractivity (Wildman–Crippen MR) is 74.4 cm³/mol. The van der Waals surface area contributed by atoms with Crippen LogP contribution < -0.4 is 5.73 Å². The summed E-state index contributed by atoms with van der Waals surface area (Å²) < 4.78 is 18.7. The van der Waals surface area contributed by atoms with Gasteiger partial charge in [-0.15, -0.1) is 0 Å². The molecule has 0 saturated carbocycles. The number of ether oxygens (including phenoxy) is 1. The Labute approximate surface area is 113 Å². The molecule has 0 amide bonds. The van der Waals surface area contributed by atoms with Gasteiger partial charge in [-0.1, -0.05) is 26.2 Å². The lowest BCUT2D eigenvalue weighted by Gasteiger charge is -2.13. The Morgan fingerprint density at radius 1 is 1.37 bits per heavy atom. The van der Waals surface area contributed by atoms with Crippen LogP contribution in [0.25, 0.3) is 0 Å². The lowest BCUT2D eigenvalue weighted by molar-refractivity contribution is 0.0314. The SMILES string of the molecule is CCCCCCC(C)OC(=O)c1cc(N)ccc1F. The van der Waals surface area contributed by atoms with Gasteiger partial charge in [0, 0.05) is 5.69 Å². The molecular weight excluding hydrogens is 245 g/mol. The highest BCUT2D eigenvalue weighted by Gasteiger charge is 2.16. The summed E-state index contributed by atoms with van der Waals surface area (Å²) in [6.45, 7) is 3.97. The standard InChI is InChI=1S/C15H22FNO2/c1-3-4-5-6-7-11(2)19-15(18)13-10-12(17)8-9-14(13)16/h8-11H,3-7,17H2,1-2H3. The largest absolute Gasteiger partial charge is 0.459 e. The van der Waals surface area contributed by atoms with E-state index in [0.717, 1.165) is 19.3 Å². The number of halogens is 1. The number of unbranched alkanes of at least 4 members (excludes halogenated alkanes) is 3. The molecule has 0 bridgehead atoms. The van der Waals surface area contributed by atoms with Crippen LogP contribution in [0.15, 0.2) is 18.2 Å². The molecule has 0 fully saturated rings. The zero-order valence-corrected chi connectivity index (χ0v) is 11.6. The van der Waals surface area contributed by atoms with E-state index < -0.39 is 11.8 Å². The van der Waals surface area contributed by atoms with Crippen molar-refractivity contribution in [2.45, 2.75) is 52.1 Å². The van der Waals surface area contributed by atoms with Crippen molar-refractivity contribution < 1.29 is 13.9 Å². The first-order valence-electron chi connectivity index (χ1n) is 6.80. The molecule has 0 spiro atoms. The first-order chi connectivity index (χ1) is 9.04. The Bertz CT molecular complexity index is 421. The van der Waals surface area contributed by atoms with Crippen LogP contribution in [-0.4, -0.2) is 12.1 Å². The van der Waals surface area contributed by atoms with Crippen LogP contribution in [0, 0.1) is 5.82 Å². The van der Waals surface area contributed by atoms with Crippen molar-refractivity contribution in [1.29, 1.82) is 0 Å². The van der Waals surface area contributed by atoms with Gasteiger partial charge < -0.3 is 10.5 Å². The number of nitrogen functional groups attached to an aromatic ring is 1. The van der Waals surface area contributed by atoms with Crippen LogP contribution >= 0.6 is 0 Å². The molecule has 4 heteroatoms. The van der Waals surface area contributed by atoms with Gasteiger partial charge in [0.2, 0.25) is 0 Å². The van der Waals surface area contributed by atoms with Gasteiger partial charge in [-0.2, -0.15) is 0 Å². The smallest absolute Gasteiger partial charge is 0.341 e. The third kappa shape index (κ3) is 5.28. The van der Waals surface area contributed by atoms with Crippen LogP contribution in [0.1, 0.15) is 56.3 Å². The fourth-order valence-corrected chi connectivity index (χ4v) is 1.86. The molecule has 1 aromatic rings. The van der Waals surface area contributed by atoms with E-state index in [4.69, 9.17) is 10.5 Å². The molecule has 3 nitrogen and oxygen atoms in total. The van der Waals surface area contributed by atoms with E-state index >= 15 is 0 Å². The summed E-state index contributed by atoms with van der Waals surface area (Å²) in [7, 11) is 0. The van der Waals surface area contributed by atoms with Gasteiger partial charge in [0.1, 0.15) is 5.82 Å². The Morgan fingerprint density at radius 2 is 2.11 bits per heavy atom. The minimum absolute atomic E-state index is 0.0968. The second-order valence-corrected chi connectivity index (χ2v) is 4.80. The maximum atomic E-state index is 13.5. The van der Waals surface area contributed by atoms with Crippen LogP contribution in [0.3, 0.4) is 0 Å². The Morgan fingerprint density at radius 3 is 2.79 bits per heavy atom. The molecule has 1 aromatic carbocycles. The monoisotopic (exact) mass is 267 g/mol. The quantitative estimate of drug-likeness (QED) is 0.462. The predicted octanol–water partition coefficient (Wildman–Crippen LogP) is 3.92. The van der Waals surface area contributed by atoms with E-state index in [0.29, 0.717) is 5.69 Å². The number of benzene rings is 1. The molecule has 0 aliphatic carbocycles. The van der Waals surface area contributed by atoms with Crippen LogP contribution in [0.5, 0.6) is 0 Å². The highest BCUT2D eigenvalue weighted by atomic mass is 19.1. The summed E-state index contributed by atoms with van der Waals surface area (Å²) in [5, 5.41) is 0. The molecule has 0 radical (unpaired) electrons. The molecule has 0 aliphatic rings. The minimum atomic E-state index is -0.646. The Kier molecular flexibility index (Phi) is 6.33. The summed E-state index contributed by atoms with van der Waals surface area (Å²) in [6.07, 6.45) is 5.10. The maximum Gasteiger partial charge on any atom is 0.341 e. The second-order valence-electron chi connectivity index (χ2n) is 4.80. The number of rotatable bonds is 7. The molecule has 0 aromatic heterocycles. The van der Waals surface area contributed by atoms with Gasteiger partial charge in [-0.3, -0.25) is 0 Å². The fourth-order valence-electron chi connectivity index (χ4n) is 1.86. The molecule has 2 N–H and O–H groups in total. The van der Waals surface area contributed by atoms with E-state index in [-0.39, 0.29) is 11.7 Å². The van der Waals surface area contributed by atoms with Crippen molar-refractivity contribution in [2.24, 2.45) is 0 Å². The van der Waals surface area contributed by atoms with E-state index in [9.17, 15) is 9.18 Å². The highest BCUT2D eigenvalue weighted by Crippen LogP contribution is 2.15. The van der Waals surface area contributed by atoms with Gasteiger partial charge in [-0.25, -0.2) is 9.18 Å². The van der Waals surface area contributed by atoms with E-state index in [1.807, 2.05) is 6.92 Å². The average Bonchev–Trinajstić information content (AvgIpc) is 2.37. The Hall–Kier alpha value is -1.58. The van der Waals surface area contributed by atoms with Gasteiger partial charge in [0.05, 0.1) is 11.7 Å². The van der Waals surface area contributed by atoms with Crippen molar-refractivity contribution in [2.75, 3.05) is 5.73 Å². The lowest BCUT2D eigenvalue weighted by Crippen LogP contribution is -2.16. The molecule has 0 saturated heterocycles. The maximum absolute atomic E-state index is 13.5. The minimum Gasteiger partial charge on any atom is -0.459 e. The molecule has 1 unspecified atom stereocenters. The first-order valence-corrected chi connectivity index (χ1v) is 6.80. The third-order valence-corrected chi connectivity index (χ3v) is 2.98. The molecular formula is C15H22FNO2. The van der Waals surface area contributed by atoms with Gasteiger partial charge >= 0.3 is 5.97 Å².